The lowest BCUT2D eigenvalue weighted by Gasteiger charge is -2.11. The lowest BCUT2D eigenvalue weighted by atomic mass is 10.0. The van der Waals surface area contributed by atoms with Gasteiger partial charge in [0.05, 0.1) is 11.5 Å². The molecule has 1 amide bonds. The minimum absolute atomic E-state index is 0.165. The highest BCUT2D eigenvalue weighted by atomic mass is 16.6. The summed E-state index contributed by atoms with van der Waals surface area (Å²) in [5, 5.41) is 13.0. The number of nitro groups is 1. The Balaban J connectivity index is 1.86. The summed E-state index contributed by atoms with van der Waals surface area (Å²) in [5.74, 6) is -0.788. The molecule has 0 unspecified atom stereocenters. The molecule has 0 aliphatic rings. The molecule has 0 aliphatic carbocycles. The molecule has 0 radical (unpaired) electrons. The Morgan fingerprint density at radius 1 is 1.19 bits per heavy atom. The first-order valence-electron chi connectivity index (χ1n) is 7.78. The van der Waals surface area contributed by atoms with Crippen molar-refractivity contribution in [2.24, 2.45) is 0 Å². The van der Waals surface area contributed by atoms with Crippen LogP contribution < -0.4 is 15.6 Å². The van der Waals surface area contributed by atoms with Crippen molar-refractivity contribution < 1.29 is 14.5 Å². The number of aromatic nitrogens is 2. The van der Waals surface area contributed by atoms with Gasteiger partial charge in [0.15, 0.2) is 0 Å². The zero-order chi connectivity index (χ0) is 18.5. The number of hydrogen-bond donors (Lipinski definition) is 2. The molecule has 0 saturated carbocycles. The van der Waals surface area contributed by atoms with Crippen molar-refractivity contribution in [3.05, 3.63) is 64.5 Å². The molecule has 0 atom stereocenters. The van der Waals surface area contributed by atoms with Gasteiger partial charge in [0.25, 0.3) is 11.8 Å². The molecule has 9 heteroatoms. The molecule has 132 valence electrons. The molecule has 9 nitrogen and oxygen atoms in total. The van der Waals surface area contributed by atoms with Gasteiger partial charge in [-0.2, -0.15) is 4.98 Å². The number of nitrogens with zero attached hydrogens (tertiary/aromatic N) is 3. The number of nitrogens with one attached hydrogen (secondary N) is 2. The summed E-state index contributed by atoms with van der Waals surface area (Å²) in [6.07, 6.45) is 1.12. The molecular weight excluding hydrogens is 338 g/mol. The zero-order valence-electron chi connectivity index (χ0n) is 13.8. The van der Waals surface area contributed by atoms with Crippen molar-refractivity contribution >= 4 is 28.2 Å². The summed E-state index contributed by atoms with van der Waals surface area (Å²) in [4.78, 5) is 30.7. The average molecular weight is 353 g/mol. The number of fused-ring (bicyclic) bond motifs is 1. The summed E-state index contributed by atoms with van der Waals surface area (Å²) >= 11 is 0. The molecule has 0 bridgehead atoms. The normalized spacial score (nSPS) is 10.3. The minimum atomic E-state index is -0.669. The highest BCUT2D eigenvalue weighted by molar-refractivity contribution is 6.07. The number of amides is 1. The number of rotatable bonds is 6. The Morgan fingerprint density at radius 2 is 1.96 bits per heavy atom. The molecule has 0 fully saturated rings. The number of benzene rings is 2. The van der Waals surface area contributed by atoms with E-state index < -0.39 is 16.5 Å². The van der Waals surface area contributed by atoms with Crippen LogP contribution in [0.15, 0.2) is 48.8 Å². The van der Waals surface area contributed by atoms with Gasteiger partial charge in [-0.05, 0) is 23.8 Å². The van der Waals surface area contributed by atoms with Gasteiger partial charge in [0, 0.05) is 5.56 Å². The Kier molecular flexibility index (Phi) is 4.88. The van der Waals surface area contributed by atoms with Crippen LogP contribution in [0.2, 0.25) is 0 Å². The number of anilines is 1. The minimum Gasteiger partial charge on any atom is -0.473 e. The van der Waals surface area contributed by atoms with E-state index in [-0.39, 0.29) is 18.3 Å². The topological polar surface area (TPSA) is 119 Å². The van der Waals surface area contributed by atoms with Crippen LogP contribution in [0.3, 0.4) is 0 Å². The maximum Gasteiger partial charge on any atom is 0.374 e. The predicted octanol–water partition coefficient (Wildman–Crippen LogP) is 2.69. The first-order valence-corrected chi connectivity index (χ1v) is 7.78. The second-order valence-corrected chi connectivity index (χ2v) is 5.17. The summed E-state index contributed by atoms with van der Waals surface area (Å²) < 4.78 is 5.14. The van der Waals surface area contributed by atoms with Crippen LogP contribution in [-0.4, -0.2) is 27.4 Å². The molecule has 0 saturated heterocycles. The van der Waals surface area contributed by atoms with Gasteiger partial charge >= 0.3 is 5.69 Å². The fraction of sp³-hybridized carbons (Fsp3) is 0.118. The van der Waals surface area contributed by atoms with Crippen LogP contribution in [-0.2, 0) is 0 Å². The number of hydrogen-bond acceptors (Lipinski definition) is 7. The number of ether oxygens (including phenoxy) is 1. The van der Waals surface area contributed by atoms with Crippen molar-refractivity contribution in [2.45, 2.75) is 6.92 Å². The van der Waals surface area contributed by atoms with Crippen LogP contribution >= 0.6 is 0 Å². The van der Waals surface area contributed by atoms with Gasteiger partial charge in [0.1, 0.15) is 6.33 Å². The Morgan fingerprint density at radius 3 is 2.73 bits per heavy atom. The molecule has 3 rings (SSSR count). The van der Waals surface area contributed by atoms with Gasteiger partial charge in [-0.25, -0.2) is 4.98 Å². The van der Waals surface area contributed by atoms with E-state index in [9.17, 15) is 14.9 Å². The highest BCUT2D eigenvalue weighted by Crippen LogP contribution is 2.30. The second-order valence-electron chi connectivity index (χ2n) is 5.17. The van der Waals surface area contributed by atoms with Gasteiger partial charge in [-0.1, -0.05) is 36.4 Å². The fourth-order valence-electron chi connectivity index (χ4n) is 2.47. The smallest absolute Gasteiger partial charge is 0.374 e. The first-order chi connectivity index (χ1) is 12.6. The molecular formula is C17H15N5O4. The molecule has 2 aromatic carbocycles. The van der Waals surface area contributed by atoms with E-state index in [0.29, 0.717) is 5.56 Å². The lowest BCUT2D eigenvalue weighted by molar-refractivity contribution is -0.385. The van der Waals surface area contributed by atoms with Gasteiger partial charge in [-0.15, -0.1) is 0 Å². The highest BCUT2D eigenvalue weighted by Gasteiger charge is 2.24. The molecule has 0 aliphatic heterocycles. The Hall–Kier alpha value is -3.75. The van der Waals surface area contributed by atoms with Crippen molar-refractivity contribution in [1.29, 1.82) is 0 Å². The van der Waals surface area contributed by atoms with Crippen LogP contribution in [0.4, 0.5) is 11.5 Å². The summed E-state index contributed by atoms with van der Waals surface area (Å²) in [6, 6.07) is 12.7. The maximum absolute atomic E-state index is 12.5. The van der Waals surface area contributed by atoms with Crippen molar-refractivity contribution in [2.75, 3.05) is 12.0 Å². The van der Waals surface area contributed by atoms with Crippen molar-refractivity contribution in [1.82, 2.24) is 15.4 Å². The third kappa shape index (κ3) is 3.36. The molecule has 0 spiro atoms. The van der Waals surface area contributed by atoms with E-state index >= 15 is 0 Å². The molecule has 3 aromatic rings. The Labute approximate surface area is 148 Å². The van der Waals surface area contributed by atoms with E-state index in [1.54, 1.807) is 19.1 Å². The summed E-state index contributed by atoms with van der Waals surface area (Å²) in [5.41, 5.74) is 4.89. The third-order valence-electron chi connectivity index (χ3n) is 3.58. The Bertz CT molecular complexity index is 971. The number of hydrazine groups is 1. The lowest BCUT2D eigenvalue weighted by Crippen LogP contribution is -2.30. The third-order valence-corrected chi connectivity index (χ3v) is 3.58. The monoisotopic (exact) mass is 353 g/mol. The SMILES string of the molecule is CCOc1ncnc(NNC(=O)c2cccc3ccccc23)c1[N+](=O)[O-]. The maximum atomic E-state index is 12.5. The quantitative estimate of drug-likeness (QED) is 0.516. The number of carbonyl (C=O) groups is 1. The molecule has 2 N–H and O–H groups in total. The zero-order valence-corrected chi connectivity index (χ0v) is 13.8. The van der Waals surface area contributed by atoms with Crippen LogP contribution in [0.1, 0.15) is 17.3 Å². The molecule has 1 heterocycles. The average Bonchev–Trinajstić information content (AvgIpc) is 2.65. The van der Waals surface area contributed by atoms with E-state index in [4.69, 9.17) is 4.74 Å². The van der Waals surface area contributed by atoms with Crippen molar-refractivity contribution in [3.63, 3.8) is 0 Å². The van der Waals surface area contributed by atoms with Crippen LogP contribution in [0.5, 0.6) is 5.88 Å². The standard InChI is InChI=1S/C17H15N5O4/c1-2-26-17-14(22(24)25)15(18-10-19-17)20-21-16(23)13-9-5-7-11-6-3-4-8-12(11)13/h3-10H,2H2,1H3,(H,21,23)(H,18,19,20). The summed E-state index contributed by atoms with van der Waals surface area (Å²) in [7, 11) is 0. The molecule has 26 heavy (non-hydrogen) atoms. The van der Waals surface area contributed by atoms with E-state index in [1.807, 2.05) is 30.3 Å². The van der Waals surface area contributed by atoms with E-state index in [0.717, 1.165) is 17.1 Å². The van der Waals surface area contributed by atoms with E-state index in [2.05, 4.69) is 20.8 Å². The van der Waals surface area contributed by atoms with E-state index in [1.165, 1.54) is 0 Å². The van der Waals surface area contributed by atoms with Crippen molar-refractivity contribution in [3.8, 4) is 5.88 Å². The van der Waals surface area contributed by atoms with Crippen LogP contribution in [0.25, 0.3) is 10.8 Å². The van der Waals surface area contributed by atoms with Gasteiger partial charge < -0.3 is 4.74 Å². The predicted molar refractivity (Wildman–Crippen MR) is 94.9 cm³/mol. The van der Waals surface area contributed by atoms with Gasteiger partial charge in [-0.3, -0.25) is 25.8 Å². The summed E-state index contributed by atoms with van der Waals surface area (Å²) in [6.45, 7) is 1.89. The first kappa shape index (κ1) is 17.1. The molecule has 1 aromatic heterocycles. The largest absolute Gasteiger partial charge is 0.473 e. The second kappa shape index (κ2) is 7.43. The van der Waals surface area contributed by atoms with Gasteiger partial charge in [0.2, 0.25) is 5.82 Å². The fourth-order valence-corrected chi connectivity index (χ4v) is 2.47. The number of carbonyl (C=O) groups excluding carboxylic acids is 1. The van der Waals surface area contributed by atoms with Crippen LogP contribution in [0, 0.1) is 10.1 Å².